The van der Waals surface area contributed by atoms with Crippen molar-refractivity contribution in [1.82, 2.24) is 9.78 Å². The highest BCUT2D eigenvalue weighted by atomic mass is 19.4. The fourth-order valence-corrected chi connectivity index (χ4v) is 2.92. The van der Waals surface area contributed by atoms with E-state index < -0.39 is 17.8 Å². The van der Waals surface area contributed by atoms with E-state index in [4.69, 9.17) is 4.74 Å². The van der Waals surface area contributed by atoms with Gasteiger partial charge in [-0.3, -0.25) is 5.21 Å². The monoisotopic (exact) mass is 456 g/mol. The standard InChI is InChI=1S/C22H16F3N5O3/c23-22(24,25)15-2-7-20(30-11-1-10-26-30)19(14-15)28-21(31)27-16-3-5-17(6-4-16)33-18-8-12-29(32)13-9-18/h1-14H,(H2-,27,28,31,32)/p+1. The van der Waals surface area contributed by atoms with Crippen LogP contribution in [0.5, 0.6) is 11.5 Å². The molecule has 0 aliphatic rings. The molecule has 4 rings (SSSR count). The average Bonchev–Trinajstić information content (AvgIpc) is 3.31. The predicted octanol–water partition coefficient (Wildman–Crippen LogP) is 4.85. The molecule has 33 heavy (non-hydrogen) atoms. The smallest absolute Gasteiger partial charge is 0.416 e. The molecule has 2 amide bonds. The van der Waals surface area contributed by atoms with E-state index in [1.54, 1.807) is 48.7 Å². The van der Waals surface area contributed by atoms with Gasteiger partial charge in [0, 0.05) is 34.9 Å². The zero-order valence-electron chi connectivity index (χ0n) is 16.8. The molecule has 168 valence electrons. The largest absolute Gasteiger partial charge is 0.457 e. The Kier molecular flexibility index (Phi) is 5.85. The fourth-order valence-electron chi connectivity index (χ4n) is 2.92. The van der Waals surface area contributed by atoms with Gasteiger partial charge in [-0.2, -0.15) is 18.3 Å². The Morgan fingerprint density at radius 2 is 1.70 bits per heavy atom. The number of ether oxygens (including phenoxy) is 1. The van der Waals surface area contributed by atoms with Crippen LogP contribution in [0.2, 0.25) is 0 Å². The summed E-state index contributed by atoms with van der Waals surface area (Å²) in [6.45, 7) is 0. The molecular weight excluding hydrogens is 439 g/mol. The van der Waals surface area contributed by atoms with E-state index in [0.717, 1.165) is 16.9 Å². The van der Waals surface area contributed by atoms with Gasteiger partial charge in [0.2, 0.25) is 12.4 Å². The molecule has 2 heterocycles. The molecule has 8 nitrogen and oxygen atoms in total. The van der Waals surface area contributed by atoms with Crippen molar-refractivity contribution in [3.63, 3.8) is 0 Å². The van der Waals surface area contributed by atoms with Crippen molar-refractivity contribution in [3.05, 3.63) is 91.0 Å². The Labute approximate surface area is 185 Å². The summed E-state index contributed by atoms with van der Waals surface area (Å²) in [5, 5.41) is 18.3. The number of aromatic nitrogens is 3. The molecule has 2 aromatic carbocycles. The first-order valence-electron chi connectivity index (χ1n) is 9.56. The molecule has 0 saturated carbocycles. The van der Waals surface area contributed by atoms with Gasteiger partial charge >= 0.3 is 12.2 Å². The van der Waals surface area contributed by atoms with Gasteiger partial charge in [0.1, 0.15) is 11.5 Å². The van der Waals surface area contributed by atoms with E-state index >= 15 is 0 Å². The fraction of sp³-hybridized carbons (Fsp3) is 0.0455. The minimum Gasteiger partial charge on any atom is -0.457 e. The van der Waals surface area contributed by atoms with Crippen molar-refractivity contribution in [3.8, 4) is 17.2 Å². The van der Waals surface area contributed by atoms with E-state index in [2.05, 4.69) is 15.7 Å². The molecular formula is C22H17F3N5O3+. The lowest BCUT2D eigenvalue weighted by Crippen LogP contribution is -2.27. The van der Waals surface area contributed by atoms with Gasteiger partial charge in [-0.15, -0.1) is 0 Å². The summed E-state index contributed by atoms with van der Waals surface area (Å²) in [4.78, 5) is 12.5. The summed E-state index contributed by atoms with van der Waals surface area (Å²) in [5.41, 5.74) is -0.285. The molecule has 0 saturated heterocycles. The van der Waals surface area contributed by atoms with Crippen molar-refractivity contribution in [2.45, 2.75) is 6.18 Å². The van der Waals surface area contributed by atoms with Crippen LogP contribution in [0.1, 0.15) is 5.56 Å². The Morgan fingerprint density at radius 1 is 1.00 bits per heavy atom. The van der Waals surface area contributed by atoms with E-state index in [1.165, 1.54) is 29.3 Å². The van der Waals surface area contributed by atoms with E-state index in [0.29, 0.717) is 17.2 Å². The molecule has 0 atom stereocenters. The minimum absolute atomic E-state index is 0.0591. The maximum atomic E-state index is 13.2. The normalized spacial score (nSPS) is 11.1. The number of hydrogen-bond acceptors (Lipinski definition) is 4. The molecule has 0 spiro atoms. The summed E-state index contributed by atoms with van der Waals surface area (Å²) < 4.78 is 47.3. The highest BCUT2D eigenvalue weighted by Gasteiger charge is 2.31. The van der Waals surface area contributed by atoms with E-state index in [-0.39, 0.29) is 11.4 Å². The van der Waals surface area contributed by atoms with Crippen LogP contribution in [0.3, 0.4) is 0 Å². The second-order valence-corrected chi connectivity index (χ2v) is 6.80. The van der Waals surface area contributed by atoms with Gasteiger partial charge in [-0.1, -0.05) is 0 Å². The summed E-state index contributed by atoms with van der Waals surface area (Å²) >= 11 is 0. The molecule has 0 bridgehead atoms. The van der Waals surface area contributed by atoms with E-state index in [9.17, 15) is 23.2 Å². The van der Waals surface area contributed by atoms with Crippen molar-refractivity contribution < 1.29 is 32.6 Å². The third kappa shape index (κ3) is 5.39. The number of benzene rings is 2. The third-order valence-electron chi connectivity index (χ3n) is 4.45. The number of nitrogens with one attached hydrogen (secondary N) is 2. The number of anilines is 2. The van der Waals surface area contributed by atoms with Crippen molar-refractivity contribution in [1.29, 1.82) is 0 Å². The number of amides is 2. The lowest BCUT2D eigenvalue weighted by molar-refractivity contribution is -0.904. The number of rotatable bonds is 5. The maximum absolute atomic E-state index is 13.2. The van der Waals surface area contributed by atoms with Gasteiger partial charge in [0.25, 0.3) is 0 Å². The van der Waals surface area contributed by atoms with Crippen LogP contribution >= 0.6 is 0 Å². The van der Waals surface area contributed by atoms with Crippen molar-refractivity contribution >= 4 is 17.4 Å². The maximum Gasteiger partial charge on any atom is 0.416 e. The highest BCUT2D eigenvalue weighted by molar-refractivity contribution is 6.01. The van der Waals surface area contributed by atoms with Gasteiger partial charge in [0.05, 0.1) is 16.9 Å². The third-order valence-corrected chi connectivity index (χ3v) is 4.45. The zero-order valence-corrected chi connectivity index (χ0v) is 16.8. The first-order chi connectivity index (χ1) is 15.8. The van der Waals surface area contributed by atoms with Crippen molar-refractivity contribution in [2.75, 3.05) is 10.6 Å². The number of carbonyl (C=O) groups is 1. The molecule has 0 aliphatic carbocycles. The first kappa shape index (κ1) is 21.7. The highest BCUT2D eigenvalue weighted by Crippen LogP contribution is 2.33. The SMILES string of the molecule is O=C(Nc1ccc(Oc2cc[n+](O)cc2)cc1)Nc1cc(C(F)(F)F)ccc1-n1cccn1. The second-order valence-electron chi connectivity index (χ2n) is 6.80. The molecule has 3 N–H and O–H groups in total. The Bertz CT molecular complexity index is 1240. The molecule has 0 aliphatic heterocycles. The van der Waals surface area contributed by atoms with E-state index in [1.807, 2.05) is 0 Å². The van der Waals surface area contributed by atoms with Crippen LogP contribution < -0.4 is 20.1 Å². The number of alkyl halides is 3. The van der Waals surface area contributed by atoms with Gasteiger partial charge < -0.3 is 15.4 Å². The molecule has 0 fully saturated rings. The number of pyridine rings is 1. The quantitative estimate of drug-likeness (QED) is 0.296. The summed E-state index contributed by atoms with van der Waals surface area (Å²) in [6.07, 6.45) is 1.27. The van der Waals surface area contributed by atoms with Crippen LogP contribution in [0, 0.1) is 0 Å². The van der Waals surface area contributed by atoms with Gasteiger partial charge in [-0.25, -0.2) is 9.48 Å². The molecule has 2 aromatic heterocycles. The summed E-state index contributed by atoms with van der Waals surface area (Å²) in [5.74, 6) is 0.977. The van der Waals surface area contributed by atoms with Crippen LogP contribution in [0.15, 0.2) is 85.5 Å². The number of nitrogens with zero attached hydrogens (tertiary/aromatic N) is 3. The summed E-state index contributed by atoms with van der Waals surface area (Å²) in [7, 11) is 0. The first-order valence-corrected chi connectivity index (χ1v) is 9.56. The molecule has 11 heteroatoms. The van der Waals surface area contributed by atoms with Gasteiger partial charge in [-0.05, 0) is 48.5 Å². The summed E-state index contributed by atoms with van der Waals surface area (Å²) in [6, 6.07) is 13.4. The predicted molar refractivity (Wildman–Crippen MR) is 112 cm³/mol. The number of carbonyl (C=O) groups excluding carboxylic acids is 1. The number of hydrogen-bond donors (Lipinski definition) is 3. The number of halogens is 3. The Hall–Kier alpha value is -4.54. The topological polar surface area (TPSA) is 92.3 Å². The van der Waals surface area contributed by atoms with Crippen LogP contribution in [-0.2, 0) is 6.18 Å². The van der Waals surface area contributed by atoms with Crippen LogP contribution in [-0.4, -0.2) is 21.0 Å². The van der Waals surface area contributed by atoms with Crippen molar-refractivity contribution in [2.24, 2.45) is 0 Å². The average molecular weight is 456 g/mol. The second kappa shape index (κ2) is 8.91. The van der Waals surface area contributed by atoms with Gasteiger partial charge in [0.15, 0.2) is 0 Å². The Balaban J connectivity index is 1.47. The minimum atomic E-state index is -4.57. The molecule has 0 radical (unpaired) electrons. The number of urea groups is 1. The van der Waals surface area contributed by atoms with Crippen LogP contribution in [0.4, 0.5) is 29.3 Å². The molecule has 4 aromatic rings. The lowest BCUT2D eigenvalue weighted by atomic mass is 10.1. The van der Waals surface area contributed by atoms with Crippen LogP contribution in [0.25, 0.3) is 5.69 Å². The Morgan fingerprint density at radius 3 is 2.33 bits per heavy atom. The lowest BCUT2D eigenvalue weighted by Gasteiger charge is -2.15. The molecule has 0 unspecified atom stereocenters. The zero-order chi connectivity index (χ0) is 23.4.